The number of benzene rings is 2. The summed E-state index contributed by atoms with van der Waals surface area (Å²) >= 11 is 0. The van der Waals surface area contributed by atoms with Crippen LogP contribution in [0.2, 0.25) is 0 Å². The first-order valence-electron chi connectivity index (χ1n) is 9.90. The van der Waals surface area contributed by atoms with Crippen molar-refractivity contribution < 1.29 is 17.6 Å². The Morgan fingerprint density at radius 3 is 2.34 bits per heavy atom. The van der Waals surface area contributed by atoms with Gasteiger partial charge >= 0.3 is 0 Å². The first kappa shape index (κ1) is 21.3. The number of rotatable bonds is 8. The van der Waals surface area contributed by atoms with Crippen LogP contribution in [-0.2, 0) is 23.1 Å². The van der Waals surface area contributed by atoms with E-state index in [-0.39, 0.29) is 17.3 Å². The highest BCUT2D eigenvalue weighted by Gasteiger charge is 2.20. The highest BCUT2D eigenvalue weighted by Crippen LogP contribution is 2.19. The topological polar surface area (TPSA) is 92.5 Å². The Bertz CT molecular complexity index is 1260. The zero-order chi connectivity index (χ0) is 22.4. The Morgan fingerprint density at radius 2 is 1.69 bits per heavy atom. The van der Waals surface area contributed by atoms with E-state index in [0.717, 1.165) is 5.56 Å². The van der Waals surface area contributed by atoms with Crippen molar-refractivity contribution >= 4 is 21.6 Å². The molecule has 1 N–H and O–H groups in total. The van der Waals surface area contributed by atoms with Crippen LogP contribution < -0.4 is 4.72 Å². The number of pyridine rings is 1. The van der Waals surface area contributed by atoms with Gasteiger partial charge in [0.1, 0.15) is 5.76 Å². The molecule has 0 fully saturated rings. The Hall–Kier alpha value is -3.91. The third kappa shape index (κ3) is 5.22. The van der Waals surface area contributed by atoms with E-state index in [1.807, 2.05) is 12.1 Å². The molecule has 1 amide bonds. The highest BCUT2D eigenvalue weighted by atomic mass is 32.2. The molecule has 0 radical (unpaired) electrons. The van der Waals surface area contributed by atoms with Crippen molar-refractivity contribution in [2.24, 2.45) is 0 Å². The molecule has 0 atom stereocenters. The maximum Gasteiger partial charge on any atom is 0.261 e. The fourth-order valence-corrected chi connectivity index (χ4v) is 4.24. The third-order valence-electron chi connectivity index (χ3n) is 4.75. The van der Waals surface area contributed by atoms with Crippen molar-refractivity contribution in [1.29, 1.82) is 0 Å². The molecule has 2 heterocycles. The Kier molecular flexibility index (Phi) is 6.32. The van der Waals surface area contributed by atoms with E-state index in [9.17, 15) is 13.2 Å². The number of nitrogens with zero attached hydrogens (tertiary/aromatic N) is 2. The SMILES string of the molecule is O=C(c1ccc(S(=O)(=O)Nc2ccccc2)cc1)N(Cc1cccnc1)Cc1ccco1. The van der Waals surface area contributed by atoms with E-state index in [1.54, 1.807) is 66.0 Å². The molecule has 7 nitrogen and oxygen atoms in total. The van der Waals surface area contributed by atoms with Crippen LogP contribution in [0.1, 0.15) is 21.7 Å². The van der Waals surface area contributed by atoms with Gasteiger partial charge in [-0.25, -0.2) is 8.42 Å². The summed E-state index contributed by atoms with van der Waals surface area (Å²) < 4.78 is 33.2. The summed E-state index contributed by atoms with van der Waals surface area (Å²) in [4.78, 5) is 19.0. The van der Waals surface area contributed by atoms with Gasteiger partial charge in [-0.05, 0) is 60.2 Å². The van der Waals surface area contributed by atoms with Crippen LogP contribution >= 0.6 is 0 Å². The molecule has 0 saturated carbocycles. The summed E-state index contributed by atoms with van der Waals surface area (Å²) in [5, 5.41) is 0. The van der Waals surface area contributed by atoms with Gasteiger partial charge < -0.3 is 9.32 Å². The van der Waals surface area contributed by atoms with Crippen molar-refractivity contribution in [3.8, 4) is 0 Å². The number of sulfonamides is 1. The van der Waals surface area contributed by atoms with E-state index in [2.05, 4.69) is 9.71 Å². The zero-order valence-corrected chi connectivity index (χ0v) is 17.9. The Balaban J connectivity index is 1.54. The van der Waals surface area contributed by atoms with Gasteiger partial charge in [-0.2, -0.15) is 0 Å². The number of anilines is 1. The molecule has 0 aliphatic heterocycles. The van der Waals surface area contributed by atoms with Gasteiger partial charge in [0.05, 0.1) is 17.7 Å². The molecular weight excluding hydrogens is 426 g/mol. The van der Waals surface area contributed by atoms with E-state index < -0.39 is 10.0 Å². The number of hydrogen-bond acceptors (Lipinski definition) is 5. The average Bonchev–Trinajstić information content (AvgIpc) is 3.32. The maximum atomic E-state index is 13.2. The molecule has 8 heteroatoms. The predicted molar refractivity (Wildman–Crippen MR) is 120 cm³/mol. The lowest BCUT2D eigenvalue weighted by molar-refractivity contribution is 0.0717. The van der Waals surface area contributed by atoms with Crippen LogP contribution in [0.15, 0.2) is 107 Å². The number of hydrogen-bond donors (Lipinski definition) is 1. The summed E-state index contributed by atoms with van der Waals surface area (Å²) in [5.41, 5.74) is 1.71. The van der Waals surface area contributed by atoms with Gasteiger partial charge in [0, 0.05) is 30.2 Å². The lowest BCUT2D eigenvalue weighted by Crippen LogP contribution is -2.30. The number of nitrogens with one attached hydrogen (secondary N) is 1. The molecule has 2 aromatic carbocycles. The second-order valence-electron chi connectivity index (χ2n) is 7.10. The van der Waals surface area contributed by atoms with Crippen LogP contribution in [0.25, 0.3) is 0 Å². The van der Waals surface area contributed by atoms with Crippen LogP contribution in [0, 0.1) is 0 Å². The predicted octanol–water partition coefficient (Wildman–Crippen LogP) is 4.32. The maximum absolute atomic E-state index is 13.2. The standard InChI is InChI=1S/C24H21N3O4S/c28-24(27(18-22-9-5-15-31-22)17-19-6-4-14-25-16-19)20-10-12-23(13-11-20)32(29,30)26-21-7-2-1-3-8-21/h1-16,26H,17-18H2. The smallest absolute Gasteiger partial charge is 0.261 e. The van der Waals surface area contributed by atoms with Gasteiger partial charge in [0.2, 0.25) is 0 Å². The number of para-hydroxylation sites is 1. The molecule has 0 saturated heterocycles. The van der Waals surface area contributed by atoms with Crippen LogP contribution in [0.3, 0.4) is 0 Å². The van der Waals surface area contributed by atoms with Gasteiger partial charge in [-0.1, -0.05) is 24.3 Å². The summed E-state index contributed by atoms with van der Waals surface area (Å²) in [6.45, 7) is 0.610. The van der Waals surface area contributed by atoms with Gasteiger partial charge in [0.15, 0.2) is 0 Å². The van der Waals surface area contributed by atoms with Crippen molar-refractivity contribution in [3.05, 3.63) is 114 Å². The Morgan fingerprint density at radius 1 is 0.906 bits per heavy atom. The summed E-state index contributed by atoms with van der Waals surface area (Å²) in [6, 6.07) is 21.8. The number of furan rings is 1. The molecule has 0 bridgehead atoms. The molecule has 0 spiro atoms. The first-order chi connectivity index (χ1) is 15.5. The molecule has 32 heavy (non-hydrogen) atoms. The minimum atomic E-state index is -3.76. The number of carbonyl (C=O) groups is 1. The monoisotopic (exact) mass is 447 g/mol. The van der Waals surface area contributed by atoms with Gasteiger partial charge in [-0.3, -0.25) is 14.5 Å². The zero-order valence-electron chi connectivity index (χ0n) is 17.1. The highest BCUT2D eigenvalue weighted by molar-refractivity contribution is 7.92. The molecule has 0 aliphatic rings. The van der Waals surface area contributed by atoms with Crippen molar-refractivity contribution in [2.45, 2.75) is 18.0 Å². The second kappa shape index (κ2) is 9.49. The number of aromatic nitrogens is 1. The summed E-state index contributed by atoms with van der Waals surface area (Å²) in [7, 11) is -3.76. The average molecular weight is 448 g/mol. The van der Waals surface area contributed by atoms with E-state index >= 15 is 0 Å². The third-order valence-corrected chi connectivity index (χ3v) is 6.15. The minimum Gasteiger partial charge on any atom is -0.467 e. The lowest BCUT2D eigenvalue weighted by atomic mass is 10.1. The molecule has 162 valence electrons. The Labute approximate surface area is 186 Å². The second-order valence-corrected chi connectivity index (χ2v) is 8.78. The molecule has 0 unspecified atom stereocenters. The molecule has 4 aromatic rings. The number of carbonyl (C=O) groups excluding carboxylic acids is 1. The molecular formula is C24H21N3O4S. The fourth-order valence-electron chi connectivity index (χ4n) is 3.18. The van der Waals surface area contributed by atoms with Crippen LogP contribution in [0.4, 0.5) is 5.69 Å². The molecule has 2 aromatic heterocycles. The van der Waals surface area contributed by atoms with Crippen molar-refractivity contribution in [2.75, 3.05) is 4.72 Å². The van der Waals surface area contributed by atoms with Gasteiger partial charge in [0.25, 0.3) is 15.9 Å². The molecule has 0 aliphatic carbocycles. The van der Waals surface area contributed by atoms with Crippen LogP contribution in [0.5, 0.6) is 0 Å². The van der Waals surface area contributed by atoms with E-state index in [1.165, 1.54) is 24.3 Å². The fraction of sp³-hybridized carbons (Fsp3) is 0.0833. The van der Waals surface area contributed by atoms with Crippen molar-refractivity contribution in [1.82, 2.24) is 9.88 Å². The molecule has 4 rings (SSSR count). The summed E-state index contributed by atoms with van der Waals surface area (Å²) in [6.07, 6.45) is 4.93. The first-order valence-corrected chi connectivity index (χ1v) is 11.4. The summed E-state index contributed by atoms with van der Waals surface area (Å²) in [5.74, 6) is 0.402. The largest absolute Gasteiger partial charge is 0.467 e. The lowest BCUT2D eigenvalue weighted by Gasteiger charge is -2.22. The van der Waals surface area contributed by atoms with Gasteiger partial charge in [-0.15, -0.1) is 0 Å². The van der Waals surface area contributed by atoms with Crippen LogP contribution in [-0.4, -0.2) is 24.2 Å². The quantitative estimate of drug-likeness (QED) is 0.434. The van der Waals surface area contributed by atoms with E-state index in [0.29, 0.717) is 23.6 Å². The van der Waals surface area contributed by atoms with E-state index in [4.69, 9.17) is 4.42 Å². The number of amides is 1. The van der Waals surface area contributed by atoms with Crippen molar-refractivity contribution in [3.63, 3.8) is 0 Å². The minimum absolute atomic E-state index is 0.0720. The normalized spacial score (nSPS) is 11.1.